The van der Waals surface area contributed by atoms with Gasteiger partial charge in [-0.1, -0.05) is 6.07 Å². The Morgan fingerprint density at radius 1 is 1.32 bits per heavy atom. The van der Waals surface area contributed by atoms with Crippen molar-refractivity contribution < 1.29 is 19.0 Å². The second-order valence-electron chi connectivity index (χ2n) is 6.51. The van der Waals surface area contributed by atoms with Gasteiger partial charge < -0.3 is 19.1 Å². The van der Waals surface area contributed by atoms with E-state index in [2.05, 4.69) is 0 Å². The molecule has 5 nitrogen and oxygen atoms in total. The van der Waals surface area contributed by atoms with Crippen molar-refractivity contribution in [2.24, 2.45) is 0 Å². The lowest BCUT2D eigenvalue weighted by Gasteiger charge is -2.31. The molecule has 1 heterocycles. The van der Waals surface area contributed by atoms with Crippen LogP contribution in [0.1, 0.15) is 40.2 Å². The Kier molecular flexibility index (Phi) is 4.84. The summed E-state index contributed by atoms with van der Waals surface area (Å²) in [5, 5.41) is 0. The molecule has 0 aromatic heterocycles. The van der Waals surface area contributed by atoms with Gasteiger partial charge in [-0.25, -0.2) is 4.79 Å². The maximum Gasteiger partial charge on any atom is 0.410 e. The first-order valence-corrected chi connectivity index (χ1v) is 7.68. The summed E-state index contributed by atoms with van der Waals surface area (Å²) < 4.78 is 16.2. The number of benzene rings is 1. The van der Waals surface area contributed by atoms with Crippen LogP contribution in [0.5, 0.6) is 11.5 Å². The van der Waals surface area contributed by atoms with Crippen molar-refractivity contribution in [1.29, 1.82) is 0 Å². The Bertz CT molecular complexity index is 536. The van der Waals surface area contributed by atoms with Gasteiger partial charge >= 0.3 is 6.09 Å². The van der Waals surface area contributed by atoms with Crippen LogP contribution < -0.4 is 9.47 Å². The topological polar surface area (TPSA) is 48.0 Å². The van der Waals surface area contributed by atoms with Crippen LogP contribution in [0.4, 0.5) is 4.79 Å². The Morgan fingerprint density at radius 3 is 2.64 bits per heavy atom. The van der Waals surface area contributed by atoms with Gasteiger partial charge in [0.25, 0.3) is 0 Å². The van der Waals surface area contributed by atoms with Crippen LogP contribution in [0.25, 0.3) is 0 Å². The molecule has 1 aliphatic rings. The van der Waals surface area contributed by atoms with E-state index in [1.807, 2.05) is 52.8 Å². The Hall–Kier alpha value is -1.91. The summed E-state index contributed by atoms with van der Waals surface area (Å²) in [4.78, 5) is 14.0. The molecule has 0 radical (unpaired) electrons. The van der Waals surface area contributed by atoms with Gasteiger partial charge in [-0.05, 0) is 58.7 Å². The predicted octanol–water partition coefficient (Wildman–Crippen LogP) is 3.60. The van der Waals surface area contributed by atoms with Gasteiger partial charge in [0.05, 0.1) is 0 Å². The zero-order valence-electron chi connectivity index (χ0n) is 14.0. The first kappa shape index (κ1) is 16.5. The molecule has 5 heteroatoms. The summed E-state index contributed by atoms with van der Waals surface area (Å²) in [6, 6.07) is 5.93. The number of carbonyl (C=O) groups excluding carboxylic acids is 1. The number of amides is 1. The fraction of sp³-hybridized carbons (Fsp3) is 0.588. The van der Waals surface area contributed by atoms with E-state index >= 15 is 0 Å². The zero-order valence-corrected chi connectivity index (χ0v) is 14.0. The molecular formula is C17H25NO4. The number of hydrogen-bond donors (Lipinski definition) is 0. The molecular weight excluding hydrogens is 282 g/mol. The van der Waals surface area contributed by atoms with E-state index < -0.39 is 5.60 Å². The maximum absolute atomic E-state index is 12.3. The van der Waals surface area contributed by atoms with Crippen LogP contribution in [0.3, 0.4) is 0 Å². The molecule has 0 N–H and O–H groups in total. The monoisotopic (exact) mass is 307 g/mol. The van der Waals surface area contributed by atoms with Crippen LogP contribution in [0, 0.1) is 0 Å². The molecule has 0 bridgehead atoms. The van der Waals surface area contributed by atoms with E-state index in [1.165, 1.54) is 0 Å². The summed E-state index contributed by atoms with van der Waals surface area (Å²) in [5.74, 6) is 1.54. The molecule has 1 aromatic carbocycles. The standard InChI is InChI=1S/C17H25NO4/c1-6-18(16(19)22-17(3,4)5)12(2)9-13-7-8-14-15(10-13)21-11-20-14/h7-8,10,12H,6,9,11H2,1-5H3/t12-/m0/s1. The molecule has 0 fully saturated rings. The lowest BCUT2D eigenvalue weighted by Crippen LogP contribution is -2.42. The Morgan fingerprint density at radius 2 is 2.00 bits per heavy atom. The summed E-state index contributed by atoms with van der Waals surface area (Å²) in [7, 11) is 0. The molecule has 0 aliphatic carbocycles. The van der Waals surface area contributed by atoms with Gasteiger partial charge in [-0.15, -0.1) is 0 Å². The third kappa shape index (κ3) is 4.06. The van der Waals surface area contributed by atoms with Gasteiger partial charge in [0.1, 0.15) is 5.60 Å². The Labute approximate surface area is 132 Å². The average Bonchev–Trinajstić information content (AvgIpc) is 2.84. The number of fused-ring (bicyclic) bond motifs is 1. The van der Waals surface area contributed by atoms with Gasteiger partial charge in [0.2, 0.25) is 6.79 Å². The summed E-state index contributed by atoms with van der Waals surface area (Å²) >= 11 is 0. The van der Waals surface area contributed by atoms with Gasteiger partial charge in [-0.3, -0.25) is 0 Å². The van der Waals surface area contributed by atoms with Crippen molar-refractivity contribution >= 4 is 6.09 Å². The summed E-state index contributed by atoms with van der Waals surface area (Å²) in [5.41, 5.74) is 0.627. The first-order valence-electron chi connectivity index (χ1n) is 7.68. The second-order valence-corrected chi connectivity index (χ2v) is 6.51. The van der Waals surface area contributed by atoms with Gasteiger partial charge in [0.15, 0.2) is 11.5 Å². The van der Waals surface area contributed by atoms with E-state index in [0.717, 1.165) is 23.5 Å². The molecule has 0 saturated carbocycles. The average molecular weight is 307 g/mol. The normalized spacial score (nSPS) is 14.6. The van der Waals surface area contributed by atoms with Crippen molar-refractivity contribution in [2.75, 3.05) is 13.3 Å². The highest BCUT2D eigenvalue weighted by molar-refractivity contribution is 5.68. The summed E-state index contributed by atoms with van der Waals surface area (Å²) in [6.07, 6.45) is 0.465. The van der Waals surface area contributed by atoms with Crippen molar-refractivity contribution in [2.45, 2.75) is 52.7 Å². The second kappa shape index (κ2) is 6.46. The highest BCUT2D eigenvalue weighted by Crippen LogP contribution is 2.33. The molecule has 1 aromatic rings. The SMILES string of the molecule is CCN(C(=O)OC(C)(C)C)[C@@H](C)Cc1ccc2c(c1)OCO2. The third-order valence-corrected chi connectivity index (χ3v) is 3.47. The van der Waals surface area contributed by atoms with E-state index in [4.69, 9.17) is 14.2 Å². The number of ether oxygens (including phenoxy) is 3. The summed E-state index contributed by atoms with van der Waals surface area (Å²) in [6.45, 7) is 10.5. The lowest BCUT2D eigenvalue weighted by molar-refractivity contribution is 0.0189. The highest BCUT2D eigenvalue weighted by Gasteiger charge is 2.25. The molecule has 0 unspecified atom stereocenters. The predicted molar refractivity (Wildman–Crippen MR) is 84.3 cm³/mol. The van der Waals surface area contributed by atoms with Crippen molar-refractivity contribution in [3.05, 3.63) is 23.8 Å². The lowest BCUT2D eigenvalue weighted by atomic mass is 10.1. The minimum atomic E-state index is -0.483. The fourth-order valence-electron chi connectivity index (χ4n) is 2.46. The van der Waals surface area contributed by atoms with Crippen molar-refractivity contribution in [1.82, 2.24) is 4.90 Å². The number of rotatable bonds is 4. The van der Waals surface area contributed by atoms with Crippen molar-refractivity contribution in [3.8, 4) is 11.5 Å². The van der Waals surface area contributed by atoms with Crippen molar-refractivity contribution in [3.63, 3.8) is 0 Å². The minimum absolute atomic E-state index is 0.0419. The molecule has 1 aliphatic heterocycles. The number of hydrogen-bond acceptors (Lipinski definition) is 4. The molecule has 22 heavy (non-hydrogen) atoms. The van der Waals surface area contributed by atoms with Crippen LogP contribution >= 0.6 is 0 Å². The van der Waals surface area contributed by atoms with Crippen LogP contribution in [0.2, 0.25) is 0 Å². The molecule has 0 saturated heterocycles. The fourth-order valence-corrected chi connectivity index (χ4v) is 2.46. The largest absolute Gasteiger partial charge is 0.454 e. The smallest absolute Gasteiger partial charge is 0.410 e. The van der Waals surface area contributed by atoms with E-state index in [0.29, 0.717) is 6.54 Å². The highest BCUT2D eigenvalue weighted by atomic mass is 16.7. The molecule has 1 amide bonds. The molecule has 2 rings (SSSR count). The van der Waals surface area contributed by atoms with E-state index in [1.54, 1.807) is 4.90 Å². The van der Waals surface area contributed by atoms with Gasteiger partial charge in [0, 0.05) is 12.6 Å². The van der Waals surface area contributed by atoms with Crippen LogP contribution in [0.15, 0.2) is 18.2 Å². The van der Waals surface area contributed by atoms with Crippen LogP contribution in [-0.2, 0) is 11.2 Å². The molecule has 122 valence electrons. The first-order chi connectivity index (χ1) is 10.3. The van der Waals surface area contributed by atoms with Gasteiger partial charge in [-0.2, -0.15) is 0 Å². The van der Waals surface area contributed by atoms with Crippen LogP contribution in [-0.4, -0.2) is 36.0 Å². The minimum Gasteiger partial charge on any atom is -0.454 e. The Balaban J connectivity index is 2.03. The molecule has 0 spiro atoms. The number of carbonyl (C=O) groups is 1. The quantitative estimate of drug-likeness (QED) is 0.852. The number of likely N-dealkylation sites (N-methyl/N-ethyl adjacent to an activating group) is 1. The maximum atomic E-state index is 12.3. The number of nitrogens with zero attached hydrogens (tertiary/aromatic N) is 1. The van der Waals surface area contributed by atoms with E-state index in [-0.39, 0.29) is 18.9 Å². The molecule has 1 atom stereocenters. The van der Waals surface area contributed by atoms with E-state index in [9.17, 15) is 4.79 Å². The zero-order chi connectivity index (χ0) is 16.3. The third-order valence-electron chi connectivity index (χ3n) is 3.47.